The van der Waals surface area contributed by atoms with Gasteiger partial charge in [0.05, 0.1) is 12.1 Å². The standard InChI is InChI=1S/C12H20N4O.2ClH/c1-15(8-10-6-14-16(2)9-10)12(17)11-4-3-5-13-7-11;;/h6,9,11,13H,3-5,7-8H2,1-2H3;2*1H. The molecular formula is C12H22Cl2N4O. The molecule has 1 amide bonds. The number of piperidine rings is 1. The highest BCUT2D eigenvalue weighted by atomic mass is 35.5. The van der Waals surface area contributed by atoms with Crippen molar-refractivity contribution in [2.24, 2.45) is 13.0 Å². The molecule has 1 aromatic rings. The third kappa shape index (κ3) is 5.01. The number of nitrogens with one attached hydrogen (secondary N) is 1. The van der Waals surface area contributed by atoms with E-state index in [1.54, 1.807) is 9.58 Å². The largest absolute Gasteiger partial charge is 0.341 e. The number of carbonyl (C=O) groups is 1. The van der Waals surface area contributed by atoms with Crippen molar-refractivity contribution >= 4 is 30.7 Å². The van der Waals surface area contributed by atoms with Gasteiger partial charge < -0.3 is 10.2 Å². The summed E-state index contributed by atoms with van der Waals surface area (Å²) in [6, 6.07) is 0. The maximum Gasteiger partial charge on any atom is 0.227 e. The molecule has 5 nitrogen and oxygen atoms in total. The van der Waals surface area contributed by atoms with Crippen LogP contribution in [0.15, 0.2) is 12.4 Å². The fraction of sp³-hybridized carbons (Fsp3) is 0.667. The van der Waals surface area contributed by atoms with Gasteiger partial charge in [0.1, 0.15) is 0 Å². The van der Waals surface area contributed by atoms with Crippen LogP contribution in [0.4, 0.5) is 0 Å². The highest BCUT2D eigenvalue weighted by molar-refractivity contribution is 5.85. The van der Waals surface area contributed by atoms with Crippen LogP contribution in [0.3, 0.4) is 0 Å². The van der Waals surface area contributed by atoms with Gasteiger partial charge in [-0.05, 0) is 19.4 Å². The summed E-state index contributed by atoms with van der Waals surface area (Å²) in [7, 11) is 3.75. The Labute approximate surface area is 126 Å². The molecule has 1 N–H and O–H groups in total. The van der Waals surface area contributed by atoms with Crippen molar-refractivity contribution in [2.75, 3.05) is 20.1 Å². The van der Waals surface area contributed by atoms with Crippen LogP contribution < -0.4 is 5.32 Å². The van der Waals surface area contributed by atoms with Crippen LogP contribution in [-0.4, -0.2) is 40.7 Å². The van der Waals surface area contributed by atoms with Crippen molar-refractivity contribution < 1.29 is 4.79 Å². The molecule has 1 saturated heterocycles. The minimum absolute atomic E-state index is 0. The van der Waals surface area contributed by atoms with Crippen LogP contribution in [0.2, 0.25) is 0 Å². The molecule has 1 unspecified atom stereocenters. The Bertz CT molecular complexity index is 391. The molecule has 2 heterocycles. The fourth-order valence-electron chi connectivity index (χ4n) is 2.28. The SMILES string of the molecule is CN(Cc1cnn(C)c1)C(=O)C1CCCNC1.Cl.Cl. The average molecular weight is 309 g/mol. The van der Waals surface area contributed by atoms with Crippen LogP contribution >= 0.6 is 24.8 Å². The zero-order valence-corrected chi connectivity index (χ0v) is 13.0. The lowest BCUT2D eigenvalue weighted by atomic mass is 9.98. The van der Waals surface area contributed by atoms with Crippen LogP contribution in [0.5, 0.6) is 0 Å². The van der Waals surface area contributed by atoms with Crippen LogP contribution in [-0.2, 0) is 18.4 Å². The van der Waals surface area contributed by atoms with E-state index >= 15 is 0 Å². The zero-order chi connectivity index (χ0) is 12.3. The van der Waals surface area contributed by atoms with Gasteiger partial charge in [0.25, 0.3) is 0 Å². The molecule has 110 valence electrons. The van der Waals surface area contributed by atoms with E-state index in [-0.39, 0.29) is 36.6 Å². The van der Waals surface area contributed by atoms with E-state index in [2.05, 4.69) is 10.4 Å². The summed E-state index contributed by atoms with van der Waals surface area (Å²) in [6.45, 7) is 2.50. The normalized spacial score (nSPS) is 18.1. The van der Waals surface area contributed by atoms with Gasteiger partial charge in [-0.2, -0.15) is 5.10 Å². The summed E-state index contributed by atoms with van der Waals surface area (Å²) in [5.41, 5.74) is 1.08. The Morgan fingerprint density at radius 1 is 1.58 bits per heavy atom. The van der Waals surface area contributed by atoms with Gasteiger partial charge in [0.2, 0.25) is 5.91 Å². The Morgan fingerprint density at radius 3 is 2.84 bits per heavy atom. The summed E-state index contributed by atoms with van der Waals surface area (Å²) < 4.78 is 1.76. The maximum atomic E-state index is 12.2. The number of hydrogen-bond donors (Lipinski definition) is 1. The highest BCUT2D eigenvalue weighted by Crippen LogP contribution is 2.14. The predicted octanol–water partition coefficient (Wildman–Crippen LogP) is 1.22. The molecule has 0 bridgehead atoms. The molecule has 0 aliphatic carbocycles. The molecule has 1 fully saturated rings. The second-order valence-corrected chi connectivity index (χ2v) is 4.76. The molecule has 2 rings (SSSR count). The molecular weight excluding hydrogens is 287 g/mol. The molecule has 19 heavy (non-hydrogen) atoms. The molecule has 0 radical (unpaired) electrons. The number of rotatable bonds is 3. The quantitative estimate of drug-likeness (QED) is 0.913. The van der Waals surface area contributed by atoms with E-state index in [0.717, 1.165) is 31.5 Å². The number of nitrogens with zero attached hydrogens (tertiary/aromatic N) is 3. The van der Waals surface area contributed by atoms with E-state index in [0.29, 0.717) is 6.54 Å². The molecule has 7 heteroatoms. The molecule has 0 spiro atoms. The Balaban J connectivity index is 0.00000162. The van der Waals surface area contributed by atoms with Crippen molar-refractivity contribution in [3.05, 3.63) is 18.0 Å². The van der Waals surface area contributed by atoms with Gasteiger partial charge in [-0.3, -0.25) is 9.48 Å². The minimum atomic E-state index is 0. The minimum Gasteiger partial charge on any atom is -0.341 e. The first-order valence-corrected chi connectivity index (χ1v) is 6.10. The van der Waals surface area contributed by atoms with Crippen molar-refractivity contribution in [1.29, 1.82) is 0 Å². The summed E-state index contributed by atoms with van der Waals surface area (Å²) >= 11 is 0. The molecule has 0 aromatic carbocycles. The van der Waals surface area contributed by atoms with Gasteiger partial charge in [-0.25, -0.2) is 0 Å². The number of aromatic nitrogens is 2. The summed E-state index contributed by atoms with van der Waals surface area (Å²) in [6.07, 6.45) is 5.85. The lowest BCUT2D eigenvalue weighted by molar-refractivity contribution is -0.135. The van der Waals surface area contributed by atoms with Crippen LogP contribution in [0.1, 0.15) is 18.4 Å². The summed E-state index contributed by atoms with van der Waals surface area (Å²) in [5, 5.41) is 7.38. The summed E-state index contributed by atoms with van der Waals surface area (Å²) in [5.74, 6) is 0.381. The van der Waals surface area contributed by atoms with E-state index in [1.165, 1.54) is 0 Å². The van der Waals surface area contributed by atoms with Crippen LogP contribution in [0, 0.1) is 5.92 Å². The third-order valence-electron chi connectivity index (χ3n) is 3.20. The molecule has 1 aliphatic rings. The predicted molar refractivity (Wildman–Crippen MR) is 79.8 cm³/mol. The lowest BCUT2D eigenvalue weighted by Gasteiger charge is -2.26. The number of carbonyl (C=O) groups excluding carboxylic acids is 1. The van der Waals surface area contributed by atoms with E-state index in [1.807, 2.05) is 26.5 Å². The molecule has 1 aliphatic heterocycles. The van der Waals surface area contributed by atoms with Crippen LogP contribution in [0.25, 0.3) is 0 Å². The first-order valence-electron chi connectivity index (χ1n) is 6.10. The Hall–Kier alpha value is -0.780. The monoisotopic (exact) mass is 308 g/mol. The number of halogens is 2. The fourth-order valence-corrected chi connectivity index (χ4v) is 2.28. The van der Waals surface area contributed by atoms with Gasteiger partial charge in [-0.1, -0.05) is 0 Å². The van der Waals surface area contributed by atoms with Crippen molar-refractivity contribution in [3.63, 3.8) is 0 Å². The highest BCUT2D eigenvalue weighted by Gasteiger charge is 2.23. The first-order chi connectivity index (χ1) is 8.16. The lowest BCUT2D eigenvalue weighted by Crippen LogP contribution is -2.41. The second kappa shape index (κ2) is 8.40. The summed E-state index contributed by atoms with van der Waals surface area (Å²) in [4.78, 5) is 14.0. The van der Waals surface area contributed by atoms with Crippen molar-refractivity contribution in [2.45, 2.75) is 19.4 Å². The molecule has 1 atom stereocenters. The first kappa shape index (κ1) is 18.2. The van der Waals surface area contributed by atoms with Crippen molar-refractivity contribution in [3.8, 4) is 0 Å². The number of hydrogen-bond acceptors (Lipinski definition) is 3. The van der Waals surface area contributed by atoms with Gasteiger partial charge in [-0.15, -0.1) is 24.8 Å². The Kier molecular flexibility index (Phi) is 8.06. The van der Waals surface area contributed by atoms with Gasteiger partial charge >= 0.3 is 0 Å². The Morgan fingerprint density at radius 2 is 2.32 bits per heavy atom. The van der Waals surface area contributed by atoms with E-state index in [4.69, 9.17) is 0 Å². The zero-order valence-electron chi connectivity index (χ0n) is 11.3. The smallest absolute Gasteiger partial charge is 0.227 e. The number of aryl methyl sites for hydroxylation is 1. The topological polar surface area (TPSA) is 50.2 Å². The maximum absolute atomic E-state index is 12.2. The van der Waals surface area contributed by atoms with Crippen molar-refractivity contribution in [1.82, 2.24) is 20.0 Å². The van der Waals surface area contributed by atoms with Gasteiger partial charge in [0.15, 0.2) is 0 Å². The van der Waals surface area contributed by atoms with Gasteiger partial charge in [0, 0.05) is 38.9 Å². The number of amides is 1. The van der Waals surface area contributed by atoms with E-state index in [9.17, 15) is 4.79 Å². The third-order valence-corrected chi connectivity index (χ3v) is 3.20. The average Bonchev–Trinajstić information content (AvgIpc) is 2.75. The van der Waals surface area contributed by atoms with E-state index < -0.39 is 0 Å². The second-order valence-electron chi connectivity index (χ2n) is 4.76. The molecule has 1 aromatic heterocycles. The molecule has 0 saturated carbocycles.